The van der Waals surface area contributed by atoms with Gasteiger partial charge in [-0.05, 0) is 36.8 Å². The molecule has 2 aromatic carbocycles. The molecule has 32 heavy (non-hydrogen) atoms. The number of aromatic amines is 1. The summed E-state index contributed by atoms with van der Waals surface area (Å²) >= 11 is 1.31. The average Bonchev–Trinajstić information content (AvgIpc) is 3.29. The second-order valence-corrected chi connectivity index (χ2v) is 7.71. The topological polar surface area (TPSA) is 121 Å². The van der Waals surface area contributed by atoms with Gasteiger partial charge >= 0.3 is 0 Å². The smallest absolute Gasteiger partial charge is 0.264 e. The lowest BCUT2D eigenvalue weighted by Gasteiger charge is -2.09. The number of aromatic nitrogens is 3. The molecule has 1 amide bonds. The fourth-order valence-corrected chi connectivity index (χ4v) is 3.55. The maximum atomic E-state index is 12.5. The highest BCUT2D eigenvalue weighted by Crippen LogP contribution is 2.24. The Hall–Kier alpha value is -4.29. The van der Waals surface area contributed by atoms with Crippen LogP contribution in [-0.2, 0) is 4.79 Å². The van der Waals surface area contributed by atoms with Crippen LogP contribution in [0.5, 0.6) is 5.75 Å². The molecule has 0 aliphatic rings. The second kappa shape index (κ2) is 9.24. The SMILES string of the molecule is Cc1ccc2c(=O)[nH]c(/C(C#N)=C/c3ccccc3OCC(=O)Nc3nccs3)nc2c1. The Kier molecular flexibility index (Phi) is 6.05. The molecule has 0 saturated carbocycles. The molecule has 2 heterocycles. The minimum Gasteiger partial charge on any atom is -0.483 e. The largest absolute Gasteiger partial charge is 0.483 e. The number of nitrogens with one attached hydrogen (secondary N) is 2. The number of nitrogens with zero attached hydrogens (tertiary/aromatic N) is 3. The number of benzene rings is 2. The van der Waals surface area contributed by atoms with Crippen molar-refractivity contribution in [2.45, 2.75) is 6.92 Å². The lowest BCUT2D eigenvalue weighted by molar-refractivity contribution is -0.118. The quantitative estimate of drug-likeness (QED) is 0.438. The first-order chi connectivity index (χ1) is 15.5. The van der Waals surface area contributed by atoms with E-state index in [1.807, 2.05) is 13.0 Å². The van der Waals surface area contributed by atoms with Crippen LogP contribution in [-0.4, -0.2) is 27.5 Å². The van der Waals surface area contributed by atoms with Gasteiger partial charge in [0.1, 0.15) is 11.8 Å². The van der Waals surface area contributed by atoms with Crippen molar-refractivity contribution in [2.75, 3.05) is 11.9 Å². The number of nitriles is 1. The number of fused-ring (bicyclic) bond motifs is 1. The molecule has 0 atom stereocenters. The zero-order chi connectivity index (χ0) is 22.5. The van der Waals surface area contributed by atoms with Gasteiger partial charge in [0.2, 0.25) is 0 Å². The lowest BCUT2D eigenvalue weighted by Crippen LogP contribution is -2.20. The second-order valence-electron chi connectivity index (χ2n) is 6.82. The van der Waals surface area contributed by atoms with Gasteiger partial charge in [0, 0.05) is 17.1 Å². The van der Waals surface area contributed by atoms with Crippen LogP contribution in [0.2, 0.25) is 0 Å². The van der Waals surface area contributed by atoms with Crippen molar-refractivity contribution in [1.29, 1.82) is 5.26 Å². The van der Waals surface area contributed by atoms with Crippen molar-refractivity contribution < 1.29 is 9.53 Å². The Morgan fingerprint density at radius 2 is 2.16 bits per heavy atom. The van der Waals surface area contributed by atoms with Crippen molar-refractivity contribution >= 4 is 44.9 Å². The number of aryl methyl sites for hydroxylation is 1. The van der Waals surface area contributed by atoms with Gasteiger partial charge in [0.25, 0.3) is 11.5 Å². The van der Waals surface area contributed by atoms with E-state index >= 15 is 0 Å². The number of allylic oxidation sites excluding steroid dienone is 1. The van der Waals surface area contributed by atoms with E-state index in [0.717, 1.165) is 5.56 Å². The van der Waals surface area contributed by atoms with Crippen molar-refractivity contribution in [1.82, 2.24) is 15.0 Å². The molecule has 0 unspecified atom stereocenters. The maximum absolute atomic E-state index is 12.5. The molecule has 0 bridgehead atoms. The van der Waals surface area contributed by atoms with Crippen LogP contribution in [0, 0.1) is 18.3 Å². The summed E-state index contributed by atoms with van der Waals surface area (Å²) in [5, 5.41) is 15.1. The Morgan fingerprint density at radius 1 is 1.31 bits per heavy atom. The van der Waals surface area contributed by atoms with Crippen LogP contribution in [0.4, 0.5) is 5.13 Å². The Labute approximate surface area is 186 Å². The molecular weight excluding hydrogens is 426 g/mol. The summed E-state index contributed by atoms with van der Waals surface area (Å²) in [4.78, 5) is 35.7. The molecule has 0 aliphatic carbocycles. The van der Waals surface area contributed by atoms with E-state index in [2.05, 4.69) is 26.3 Å². The number of rotatable bonds is 6. The van der Waals surface area contributed by atoms with Crippen LogP contribution in [0.1, 0.15) is 17.0 Å². The molecule has 0 saturated heterocycles. The van der Waals surface area contributed by atoms with Gasteiger partial charge in [-0.25, -0.2) is 9.97 Å². The van der Waals surface area contributed by atoms with Crippen molar-refractivity contribution in [3.63, 3.8) is 0 Å². The standard InChI is InChI=1S/C23H17N5O3S/c1-14-6-7-17-18(10-14)26-21(28-22(17)30)16(12-24)11-15-4-2-3-5-19(15)31-13-20(29)27-23-25-8-9-32-23/h2-11H,13H2,1H3,(H,25,27,29)(H,26,28,30)/b16-11+. The number of amides is 1. The summed E-state index contributed by atoms with van der Waals surface area (Å²) in [5.74, 6) is 0.218. The van der Waals surface area contributed by atoms with Gasteiger partial charge in [0.05, 0.1) is 16.5 Å². The van der Waals surface area contributed by atoms with Crippen molar-refractivity contribution in [3.8, 4) is 11.8 Å². The first kappa shape index (κ1) is 21.0. The van der Waals surface area contributed by atoms with Crippen LogP contribution >= 0.6 is 11.3 Å². The molecule has 158 valence electrons. The van der Waals surface area contributed by atoms with E-state index in [1.165, 1.54) is 11.3 Å². The third-order valence-electron chi connectivity index (χ3n) is 4.49. The van der Waals surface area contributed by atoms with Gasteiger partial charge in [-0.3, -0.25) is 14.9 Å². The molecular formula is C23H17N5O3S. The van der Waals surface area contributed by atoms with Gasteiger partial charge in [-0.2, -0.15) is 5.26 Å². The zero-order valence-corrected chi connectivity index (χ0v) is 17.8. The number of para-hydroxylation sites is 1. The van der Waals surface area contributed by atoms with E-state index in [0.29, 0.717) is 27.3 Å². The number of thiazole rings is 1. The summed E-state index contributed by atoms with van der Waals surface area (Å²) in [5.41, 5.74) is 1.87. The number of carbonyl (C=O) groups is 1. The normalized spacial score (nSPS) is 11.2. The van der Waals surface area contributed by atoms with Gasteiger partial charge in [-0.15, -0.1) is 11.3 Å². The lowest BCUT2D eigenvalue weighted by atomic mass is 10.1. The van der Waals surface area contributed by atoms with E-state index in [-0.39, 0.29) is 29.5 Å². The maximum Gasteiger partial charge on any atom is 0.264 e. The first-order valence-electron chi connectivity index (χ1n) is 9.57. The number of carbonyl (C=O) groups excluding carboxylic acids is 1. The van der Waals surface area contributed by atoms with E-state index in [9.17, 15) is 14.9 Å². The molecule has 0 radical (unpaired) electrons. The third kappa shape index (κ3) is 4.71. The average molecular weight is 443 g/mol. The fraction of sp³-hybridized carbons (Fsp3) is 0.0870. The molecule has 8 nitrogen and oxygen atoms in total. The zero-order valence-electron chi connectivity index (χ0n) is 17.0. The van der Waals surface area contributed by atoms with Gasteiger partial charge in [-0.1, -0.05) is 24.3 Å². The van der Waals surface area contributed by atoms with Crippen LogP contribution in [0.25, 0.3) is 22.6 Å². The molecule has 0 aliphatic heterocycles. The Balaban J connectivity index is 1.61. The van der Waals surface area contributed by atoms with Crippen LogP contribution < -0.4 is 15.6 Å². The summed E-state index contributed by atoms with van der Waals surface area (Å²) in [7, 11) is 0. The molecule has 4 aromatic rings. The summed E-state index contributed by atoms with van der Waals surface area (Å²) < 4.78 is 5.66. The molecule has 4 rings (SSSR count). The predicted octanol–water partition coefficient (Wildman–Crippen LogP) is 3.77. The summed E-state index contributed by atoms with van der Waals surface area (Å²) in [6.07, 6.45) is 3.16. The summed E-state index contributed by atoms with van der Waals surface area (Å²) in [6, 6.07) is 14.4. The Morgan fingerprint density at radius 3 is 2.94 bits per heavy atom. The van der Waals surface area contributed by atoms with Crippen molar-refractivity contribution in [3.05, 3.63) is 81.3 Å². The Bertz CT molecular complexity index is 1420. The van der Waals surface area contributed by atoms with Crippen LogP contribution in [0.3, 0.4) is 0 Å². The van der Waals surface area contributed by atoms with E-state index in [4.69, 9.17) is 4.74 Å². The number of H-pyrrole nitrogens is 1. The third-order valence-corrected chi connectivity index (χ3v) is 5.18. The number of anilines is 1. The molecule has 0 fully saturated rings. The minimum atomic E-state index is -0.352. The highest BCUT2D eigenvalue weighted by molar-refractivity contribution is 7.13. The highest BCUT2D eigenvalue weighted by Gasteiger charge is 2.11. The predicted molar refractivity (Wildman–Crippen MR) is 123 cm³/mol. The number of hydrogen-bond acceptors (Lipinski definition) is 7. The summed E-state index contributed by atoms with van der Waals surface area (Å²) in [6.45, 7) is 1.68. The molecule has 9 heteroatoms. The van der Waals surface area contributed by atoms with Crippen molar-refractivity contribution in [2.24, 2.45) is 0 Å². The molecule has 0 spiro atoms. The van der Waals surface area contributed by atoms with Gasteiger partial charge in [0.15, 0.2) is 17.6 Å². The fourth-order valence-electron chi connectivity index (χ4n) is 3.00. The molecule has 2 aromatic heterocycles. The van der Waals surface area contributed by atoms with Crippen LogP contribution in [0.15, 0.2) is 58.8 Å². The number of ether oxygens (including phenoxy) is 1. The monoisotopic (exact) mass is 443 g/mol. The minimum absolute atomic E-state index is 0.159. The molecule has 2 N–H and O–H groups in total. The van der Waals surface area contributed by atoms with E-state index in [1.54, 1.807) is 54.1 Å². The van der Waals surface area contributed by atoms with E-state index < -0.39 is 0 Å². The number of hydrogen-bond donors (Lipinski definition) is 2. The first-order valence-corrected chi connectivity index (χ1v) is 10.5. The highest BCUT2D eigenvalue weighted by atomic mass is 32.1. The van der Waals surface area contributed by atoms with Gasteiger partial charge < -0.3 is 9.72 Å².